The highest BCUT2D eigenvalue weighted by molar-refractivity contribution is 7.71. The second kappa shape index (κ2) is 3.86. The van der Waals surface area contributed by atoms with Gasteiger partial charge in [-0.2, -0.15) is 0 Å². The van der Waals surface area contributed by atoms with Gasteiger partial charge >= 0.3 is 0 Å². The summed E-state index contributed by atoms with van der Waals surface area (Å²) in [4.78, 5) is 2.80. The van der Waals surface area contributed by atoms with Crippen LogP contribution >= 0.6 is 12.2 Å². The normalized spacial score (nSPS) is 10.3. The van der Waals surface area contributed by atoms with Crippen LogP contribution in [0.3, 0.4) is 0 Å². The number of aromatic nitrogens is 2. The number of ether oxygens (including phenoxy) is 1. The first kappa shape index (κ1) is 9.92. The molecular formula is C10H9FN2OS. The molecule has 0 fully saturated rings. The van der Waals surface area contributed by atoms with E-state index in [1.807, 2.05) is 0 Å². The van der Waals surface area contributed by atoms with Gasteiger partial charge in [0.05, 0.1) is 12.8 Å². The van der Waals surface area contributed by atoms with Gasteiger partial charge in [-0.25, -0.2) is 4.39 Å². The van der Waals surface area contributed by atoms with E-state index in [0.29, 0.717) is 16.2 Å². The van der Waals surface area contributed by atoms with Crippen molar-refractivity contribution in [2.75, 3.05) is 7.11 Å². The van der Waals surface area contributed by atoms with E-state index in [2.05, 4.69) is 4.98 Å². The van der Waals surface area contributed by atoms with Crippen LogP contribution in [0.15, 0.2) is 30.6 Å². The maximum atomic E-state index is 13.5. The fourth-order valence-corrected chi connectivity index (χ4v) is 1.54. The van der Waals surface area contributed by atoms with E-state index in [0.717, 1.165) is 0 Å². The molecule has 1 heterocycles. The van der Waals surface area contributed by atoms with Gasteiger partial charge in [-0.15, -0.1) is 0 Å². The molecule has 0 atom stereocenters. The van der Waals surface area contributed by atoms with Crippen LogP contribution in [0, 0.1) is 10.6 Å². The highest BCUT2D eigenvalue weighted by Gasteiger charge is 2.06. The van der Waals surface area contributed by atoms with Crippen LogP contribution in [0.5, 0.6) is 5.75 Å². The minimum Gasteiger partial charge on any atom is -0.497 e. The first-order chi connectivity index (χ1) is 7.22. The van der Waals surface area contributed by atoms with Crippen molar-refractivity contribution in [1.82, 2.24) is 9.55 Å². The lowest BCUT2D eigenvalue weighted by Gasteiger charge is -2.06. The van der Waals surface area contributed by atoms with Gasteiger partial charge in [0.15, 0.2) is 4.77 Å². The average molecular weight is 224 g/mol. The SMILES string of the molecule is COc1ccc(F)c(-n2cc[nH]c2=S)c1. The molecule has 0 bridgehead atoms. The molecule has 0 unspecified atom stereocenters. The third-order valence-corrected chi connectivity index (χ3v) is 2.38. The Morgan fingerprint density at radius 1 is 1.47 bits per heavy atom. The highest BCUT2D eigenvalue weighted by atomic mass is 32.1. The molecule has 15 heavy (non-hydrogen) atoms. The van der Waals surface area contributed by atoms with Crippen molar-refractivity contribution in [2.45, 2.75) is 0 Å². The third-order valence-electron chi connectivity index (χ3n) is 2.06. The van der Waals surface area contributed by atoms with Crippen LogP contribution in [-0.4, -0.2) is 16.7 Å². The molecule has 2 rings (SSSR count). The fraction of sp³-hybridized carbons (Fsp3) is 0.100. The topological polar surface area (TPSA) is 29.9 Å². The van der Waals surface area contributed by atoms with Gasteiger partial charge in [0.25, 0.3) is 0 Å². The molecule has 0 saturated heterocycles. The summed E-state index contributed by atoms with van der Waals surface area (Å²) in [6.07, 6.45) is 3.32. The number of nitrogens with zero attached hydrogens (tertiary/aromatic N) is 1. The third kappa shape index (κ3) is 1.78. The smallest absolute Gasteiger partial charge is 0.181 e. The largest absolute Gasteiger partial charge is 0.497 e. The highest BCUT2D eigenvalue weighted by Crippen LogP contribution is 2.20. The number of benzene rings is 1. The Hall–Kier alpha value is -1.62. The Kier molecular flexibility index (Phi) is 2.55. The monoisotopic (exact) mass is 224 g/mol. The van der Waals surface area contributed by atoms with Gasteiger partial charge in [0.1, 0.15) is 11.6 Å². The van der Waals surface area contributed by atoms with Crippen LogP contribution in [0.25, 0.3) is 5.69 Å². The van der Waals surface area contributed by atoms with Gasteiger partial charge < -0.3 is 9.72 Å². The molecule has 0 aliphatic carbocycles. The number of hydrogen-bond acceptors (Lipinski definition) is 2. The number of hydrogen-bond donors (Lipinski definition) is 1. The molecule has 0 radical (unpaired) electrons. The van der Waals surface area contributed by atoms with Crippen molar-refractivity contribution in [2.24, 2.45) is 0 Å². The number of nitrogens with one attached hydrogen (secondary N) is 1. The minimum absolute atomic E-state index is 0.341. The van der Waals surface area contributed by atoms with Crippen LogP contribution in [0.1, 0.15) is 0 Å². The summed E-state index contributed by atoms with van der Waals surface area (Å²) >= 11 is 5.01. The van der Waals surface area contributed by atoms with E-state index in [1.165, 1.54) is 13.2 Å². The fourth-order valence-electron chi connectivity index (χ4n) is 1.31. The Morgan fingerprint density at radius 2 is 2.27 bits per heavy atom. The van der Waals surface area contributed by atoms with Crippen molar-refractivity contribution in [3.8, 4) is 11.4 Å². The number of rotatable bonds is 2. The van der Waals surface area contributed by atoms with Crippen molar-refractivity contribution in [1.29, 1.82) is 0 Å². The van der Waals surface area contributed by atoms with E-state index in [1.54, 1.807) is 29.1 Å². The molecule has 1 N–H and O–H groups in total. The van der Waals surface area contributed by atoms with Crippen molar-refractivity contribution in [3.63, 3.8) is 0 Å². The Bertz CT molecular complexity index is 532. The first-order valence-corrected chi connectivity index (χ1v) is 4.73. The first-order valence-electron chi connectivity index (χ1n) is 4.32. The van der Waals surface area contributed by atoms with E-state index in [4.69, 9.17) is 17.0 Å². The number of halogens is 1. The van der Waals surface area contributed by atoms with Gasteiger partial charge in [0, 0.05) is 18.5 Å². The summed E-state index contributed by atoms with van der Waals surface area (Å²) in [6.45, 7) is 0. The molecule has 3 nitrogen and oxygen atoms in total. The van der Waals surface area contributed by atoms with Gasteiger partial charge in [-0.3, -0.25) is 4.57 Å². The van der Waals surface area contributed by atoms with Crippen LogP contribution in [0.2, 0.25) is 0 Å². The Morgan fingerprint density at radius 3 is 2.87 bits per heavy atom. The molecule has 0 saturated carbocycles. The number of H-pyrrole nitrogens is 1. The van der Waals surface area contributed by atoms with Gasteiger partial charge in [-0.1, -0.05) is 0 Å². The average Bonchev–Trinajstić information content (AvgIpc) is 2.65. The van der Waals surface area contributed by atoms with Gasteiger partial charge in [-0.05, 0) is 24.4 Å². The van der Waals surface area contributed by atoms with Crippen molar-refractivity contribution >= 4 is 12.2 Å². The summed E-state index contributed by atoms with van der Waals surface area (Å²) in [6, 6.07) is 4.51. The molecule has 0 aliphatic rings. The summed E-state index contributed by atoms with van der Waals surface area (Å²) in [5.74, 6) is 0.251. The molecule has 0 aliphatic heterocycles. The number of aromatic amines is 1. The zero-order valence-corrected chi connectivity index (χ0v) is 8.84. The zero-order valence-electron chi connectivity index (χ0n) is 8.03. The van der Waals surface area contributed by atoms with Crippen molar-refractivity contribution < 1.29 is 9.13 Å². The molecule has 1 aromatic heterocycles. The summed E-state index contributed by atoms with van der Waals surface area (Å²) in [7, 11) is 1.54. The lowest BCUT2D eigenvalue weighted by molar-refractivity contribution is 0.413. The van der Waals surface area contributed by atoms with Crippen LogP contribution in [0.4, 0.5) is 4.39 Å². The molecule has 1 aromatic carbocycles. The summed E-state index contributed by atoms with van der Waals surface area (Å²) in [5, 5.41) is 0. The maximum absolute atomic E-state index is 13.5. The lowest BCUT2D eigenvalue weighted by atomic mass is 10.3. The molecule has 0 amide bonds. The molecular weight excluding hydrogens is 215 g/mol. The van der Waals surface area contributed by atoms with E-state index in [-0.39, 0.29) is 5.82 Å². The van der Waals surface area contributed by atoms with E-state index in [9.17, 15) is 4.39 Å². The van der Waals surface area contributed by atoms with Crippen LogP contribution in [-0.2, 0) is 0 Å². The van der Waals surface area contributed by atoms with E-state index < -0.39 is 0 Å². The number of methoxy groups -OCH3 is 1. The zero-order chi connectivity index (χ0) is 10.8. The second-order valence-corrected chi connectivity index (χ2v) is 3.34. The maximum Gasteiger partial charge on any atom is 0.181 e. The Balaban J connectivity index is 2.62. The molecule has 0 spiro atoms. The predicted molar refractivity (Wildman–Crippen MR) is 57.5 cm³/mol. The van der Waals surface area contributed by atoms with E-state index >= 15 is 0 Å². The van der Waals surface area contributed by atoms with Gasteiger partial charge in [0.2, 0.25) is 0 Å². The van der Waals surface area contributed by atoms with Crippen molar-refractivity contribution in [3.05, 3.63) is 41.2 Å². The molecule has 5 heteroatoms. The standard InChI is InChI=1S/C10H9FN2OS/c1-14-7-2-3-8(11)9(6-7)13-5-4-12-10(13)15/h2-6H,1H3,(H,12,15). The Labute approximate surface area is 91.1 Å². The second-order valence-electron chi connectivity index (χ2n) is 2.95. The van der Waals surface area contributed by atoms with Crippen LogP contribution < -0.4 is 4.74 Å². The number of imidazole rings is 1. The molecule has 2 aromatic rings. The molecule has 78 valence electrons. The summed E-state index contributed by atoms with van der Waals surface area (Å²) in [5.41, 5.74) is 0.376. The minimum atomic E-state index is -0.341. The summed E-state index contributed by atoms with van der Waals surface area (Å²) < 4.78 is 20.5. The predicted octanol–water partition coefficient (Wildman–Crippen LogP) is 2.68. The lowest BCUT2D eigenvalue weighted by Crippen LogP contribution is -1.97. The quantitative estimate of drug-likeness (QED) is 0.795.